The number of imidazole rings is 2. The van der Waals surface area contributed by atoms with Crippen molar-refractivity contribution in [3.05, 3.63) is 270 Å². The lowest BCUT2D eigenvalue weighted by molar-refractivity contribution is -0.275. The van der Waals surface area contributed by atoms with Gasteiger partial charge in [-0.2, -0.15) is 15.3 Å². The van der Waals surface area contributed by atoms with E-state index in [1.807, 2.05) is 59.3 Å². The number of ether oxygens (including phenoxy) is 2. The Hall–Kier alpha value is -12.8. The first-order valence-electron chi connectivity index (χ1n) is 36.8. The van der Waals surface area contributed by atoms with E-state index in [2.05, 4.69) is 35.4 Å². The average molecular weight is 1820 g/mol. The van der Waals surface area contributed by atoms with Gasteiger partial charge in [0.1, 0.15) is 27.9 Å². The molecule has 0 aliphatic rings. The van der Waals surface area contributed by atoms with Gasteiger partial charge in [0.05, 0.1) is 94.0 Å². The third-order valence-electron chi connectivity index (χ3n) is 18.5. The Morgan fingerprint density at radius 2 is 0.740 bits per heavy atom. The number of amides is 3. The van der Waals surface area contributed by atoms with Crippen LogP contribution in [0.4, 0.5) is 26.3 Å². The summed E-state index contributed by atoms with van der Waals surface area (Å²) in [6.45, 7) is 1.02. The van der Waals surface area contributed by atoms with Crippen LogP contribution in [0, 0.1) is 0 Å². The number of rotatable bonds is 26. The normalized spacial score (nSPS) is 11.4. The highest BCUT2D eigenvalue weighted by molar-refractivity contribution is 7.21. The minimum absolute atomic E-state index is 0.00467. The second kappa shape index (κ2) is 38.1. The van der Waals surface area contributed by atoms with Gasteiger partial charge in [-0.1, -0.05) is 118 Å². The fourth-order valence-corrected chi connectivity index (χ4v) is 15.4. The number of carboxylic acid groups (broad SMARTS) is 3. The molecule has 0 saturated heterocycles. The van der Waals surface area contributed by atoms with Gasteiger partial charge in [0.2, 0.25) is 0 Å². The quantitative estimate of drug-likeness (QED) is 0.0274. The summed E-state index contributed by atoms with van der Waals surface area (Å²) in [5, 5.41) is 51.9. The number of fused-ring (bicyclic) bond motifs is 3. The van der Waals surface area contributed by atoms with Crippen LogP contribution in [0.2, 0.25) is 30.1 Å². The molecule has 15 aromatic rings. The second-order valence-corrected chi connectivity index (χ2v) is 31.0. The van der Waals surface area contributed by atoms with E-state index >= 15 is 0 Å². The van der Waals surface area contributed by atoms with E-state index in [9.17, 15) is 55.1 Å². The van der Waals surface area contributed by atoms with Crippen LogP contribution in [0.5, 0.6) is 11.5 Å². The molecule has 0 atom stereocenters. The molecule has 6 heterocycles. The fraction of sp³-hybridized carbons (Fsp3) is 0.153. The van der Waals surface area contributed by atoms with Gasteiger partial charge >= 0.3 is 30.6 Å². The summed E-state index contributed by atoms with van der Waals surface area (Å²) in [5.41, 5.74) is 12.1. The van der Waals surface area contributed by atoms with Crippen LogP contribution in [0.15, 0.2) is 206 Å². The Morgan fingerprint density at radius 1 is 0.390 bits per heavy atom. The molecule has 6 N–H and O–H groups in total. The van der Waals surface area contributed by atoms with E-state index in [1.165, 1.54) is 36.4 Å². The Kier molecular flexibility index (Phi) is 27.2. The van der Waals surface area contributed by atoms with Gasteiger partial charge in [-0.3, -0.25) is 42.8 Å². The molecule has 25 nitrogen and oxygen atoms in total. The Morgan fingerprint density at radius 3 is 1.12 bits per heavy atom. The number of carbonyl (C=O) groups is 6. The highest BCUT2D eigenvalue weighted by Crippen LogP contribution is 2.39. The summed E-state index contributed by atoms with van der Waals surface area (Å²) in [7, 11) is 3.41. The zero-order valence-corrected chi connectivity index (χ0v) is 69.3. The second-order valence-electron chi connectivity index (χ2n) is 27.4. The molecule has 630 valence electrons. The van der Waals surface area contributed by atoms with Crippen LogP contribution < -0.4 is 25.4 Å². The van der Waals surface area contributed by atoms with Crippen molar-refractivity contribution in [2.24, 2.45) is 14.1 Å². The number of nitrogens with one attached hydrogen (secondary N) is 3. The highest BCUT2D eigenvalue weighted by atomic mass is 35.5. The molecular formula is C85H64Cl6F6N14O11S. The predicted molar refractivity (Wildman–Crippen MR) is 455 cm³/mol. The molecule has 3 amide bonds. The number of thiazole rings is 1. The monoisotopic (exact) mass is 1810 g/mol. The topological polar surface area (TPSA) is 320 Å². The molecule has 0 radical (unpaired) electrons. The van der Waals surface area contributed by atoms with Crippen LogP contribution in [-0.4, -0.2) is 137 Å². The smallest absolute Gasteiger partial charge is 0.481 e. The van der Waals surface area contributed by atoms with Gasteiger partial charge < -0.3 is 49.9 Å². The number of alkyl halides is 6. The molecule has 123 heavy (non-hydrogen) atoms. The van der Waals surface area contributed by atoms with Crippen LogP contribution in [0.3, 0.4) is 0 Å². The van der Waals surface area contributed by atoms with Crippen molar-refractivity contribution in [3.8, 4) is 79.0 Å². The average Bonchev–Trinajstić information content (AvgIpc) is 1.62. The molecule has 15 rings (SSSR count). The maximum absolute atomic E-state index is 12.8. The molecule has 0 spiro atoms. The lowest BCUT2D eigenvalue weighted by Crippen LogP contribution is -2.25. The van der Waals surface area contributed by atoms with E-state index in [0.29, 0.717) is 121 Å². The number of hydrogen-bond donors (Lipinski definition) is 6. The van der Waals surface area contributed by atoms with E-state index in [-0.39, 0.29) is 74.9 Å². The molecular weight excluding hydrogens is 1750 g/mol. The van der Waals surface area contributed by atoms with E-state index in [4.69, 9.17) is 105 Å². The number of benzene rings is 9. The number of aryl methyl sites for hydroxylation is 2. The van der Waals surface area contributed by atoms with Crippen molar-refractivity contribution in [3.63, 3.8) is 0 Å². The van der Waals surface area contributed by atoms with Crippen molar-refractivity contribution in [2.75, 3.05) is 19.6 Å². The highest BCUT2D eigenvalue weighted by Gasteiger charge is 2.33. The number of aliphatic carboxylic acids is 3. The van der Waals surface area contributed by atoms with Gasteiger partial charge in [-0.15, -0.1) is 37.7 Å². The summed E-state index contributed by atoms with van der Waals surface area (Å²) in [4.78, 5) is 83.1. The van der Waals surface area contributed by atoms with Crippen molar-refractivity contribution < 1.29 is 79.9 Å². The van der Waals surface area contributed by atoms with Gasteiger partial charge in [-0.05, 0) is 162 Å². The molecule has 0 aliphatic carbocycles. The van der Waals surface area contributed by atoms with Crippen molar-refractivity contribution in [1.29, 1.82) is 0 Å². The Bertz CT molecular complexity index is 6250. The summed E-state index contributed by atoms with van der Waals surface area (Å²) in [6, 6.07) is 57.2. The van der Waals surface area contributed by atoms with E-state index in [1.54, 1.807) is 159 Å². The summed E-state index contributed by atoms with van der Waals surface area (Å²) >= 11 is 39.0. The molecule has 0 aliphatic heterocycles. The molecule has 0 fully saturated rings. The van der Waals surface area contributed by atoms with Crippen molar-refractivity contribution in [1.82, 2.24) is 69.4 Å². The number of halogens is 12. The fourth-order valence-electron chi connectivity index (χ4n) is 12.8. The van der Waals surface area contributed by atoms with E-state index in [0.717, 1.165) is 43.2 Å². The van der Waals surface area contributed by atoms with E-state index < -0.39 is 42.4 Å². The van der Waals surface area contributed by atoms with Crippen LogP contribution in [0.1, 0.15) is 67.0 Å². The molecule has 0 unspecified atom stereocenters. The van der Waals surface area contributed by atoms with Gasteiger partial charge in [-0.25, -0.2) is 15.0 Å². The number of carboxylic acids is 3. The number of nitrogens with zero attached hydrogens (tertiary/aromatic N) is 11. The minimum atomic E-state index is -4.84. The summed E-state index contributed by atoms with van der Waals surface area (Å²) < 4.78 is 94.7. The Balaban J connectivity index is 0.000000159. The molecule has 0 bridgehead atoms. The van der Waals surface area contributed by atoms with Crippen LogP contribution >= 0.6 is 80.9 Å². The lowest BCUT2D eigenvalue weighted by atomic mass is 10.1. The predicted octanol–water partition coefficient (Wildman–Crippen LogP) is 19.5. The number of para-hydroxylation sites is 1. The maximum Gasteiger partial charge on any atom is 0.573 e. The van der Waals surface area contributed by atoms with Crippen LogP contribution in [0.25, 0.3) is 99.8 Å². The minimum Gasteiger partial charge on any atom is -0.481 e. The maximum atomic E-state index is 12.8. The molecule has 0 saturated carbocycles. The largest absolute Gasteiger partial charge is 0.573 e. The zero-order valence-electron chi connectivity index (χ0n) is 64.0. The van der Waals surface area contributed by atoms with Crippen LogP contribution in [-0.2, 0) is 48.1 Å². The number of carbonyl (C=O) groups excluding carboxylic acids is 3. The SMILES string of the molecule is Cn1c(-c2cc(-c3cc(Cl)cc(Cl)c3)nn2Cc2ccc(C(=O)NCCC(=O)O)cc2)nc2cc(OC(F)(F)F)ccc21.Cn1c(-c2cc(-c3cc(Cl)cc(Cl)c3)nn2Cc2ccc(C(=O)NCCC(=O)O)cc2)nc2ccc(OC(F)(F)F)cc21.O=C(O)CCNC(=O)c1ccc(Cn2nc(-c3cc(Cl)cc(Cl)c3)cc2-c2nc3ccccc3s2)cc1. The summed E-state index contributed by atoms with van der Waals surface area (Å²) in [6.07, 6.45) is -10.2. The Labute approximate surface area is 727 Å². The molecule has 9 aromatic carbocycles. The van der Waals surface area contributed by atoms with Gasteiger partial charge in [0.15, 0.2) is 11.6 Å². The lowest BCUT2D eigenvalue weighted by Gasteiger charge is -2.10. The molecule has 38 heteroatoms. The first kappa shape index (κ1) is 88.0. The third-order valence-corrected chi connectivity index (χ3v) is 20.8. The third kappa shape index (κ3) is 22.9. The van der Waals surface area contributed by atoms with Gasteiger partial charge in [0.25, 0.3) is 17.7 Å². The number of aromatic nitrogens is 11. The standard InChI is InChI=1S/2C29H22Cl2F3N5O4.C27H20Cl2N4O3S/c1-38-24-7-6-21(43-29(32,33)34)13-23(24)36-27(38)25-14-22(18-10-19(30)12-20(31)11-18)37-39(25)15-16-2-4-17(5-3-16)28(42)35-9-8-26(40)41;1-38-24-13-21(43-29(32,33)34)6-7-22(24)36-27(38)25-14-23(18-10-19(30)12-20(31)11-18)37-39(25)15-16-2-4-17(5-3-16)28(42)35-9-8-26(40)41;28-19-11-18(12-20(29)13-19)22-14-23(27-31-21-3-1-2-4-24(21)37-27)33(32-22)15-16-5-7-17(8-6-16)26(36)30-10-9-25(34)35/h2*2-7,10-14H,8-9,15H2,1H3,(H,35,42)(H,40,41);1-8,11-14H,9-10,15H2,(H,30,36)(H,34,35). The van der Waals surface area contributed by atoms with Gasteiger partial charge in [0, 0.05) is 109 Å². The van der Waals surface area contributed by atoms with Crippen molar-refractivity contribution >= 4 is 149 Å². The molecule has 6 aromatic heterocycles. The van der Waals surface area contributed by atoms with Crippen molar-refractivity contribution in [2.45, 2.75) is 51.6 Å². The first-order valence-corrected chi connectivity index (χ1v) is 39.9. The zero-order chi connectivity index (χ0) is 87.7. The first-order chi connectivity index (χ1) is 58.6. The summed E-state index contributed by atoms with van der Waals surface area (Å²) in [5.74, 6) is -4.01. The number of hydrogen-bond acceptors (Lipinski definition) is 15.